The molecule has 60 heavy (non-hydrogen) atoms. The standard InChI is InChI=1S/C42H54N8O9S/c1-24(2)36(43)41(58)50-32(21-29-16-18-30(51)19-17-29)39(56)45-22-34(52)44-23-35(53)49-33(20-28-12-8-6-9-13-28)40(57)47-26(4)37(54)46-25(3)38(55)48-27(5)42(59)60-31-14-10-7-11-15-31/h6-19,24-27,32-33,36,51H,20-23,43H2,1-5H3,(H,44,52)(H,45,56)(H,46,54)(H,47,57)(H,48,55)(H,49,53)(H,50,58)/t25-,26-,27-,32-,33-,36-/m0/s1. The van der Waals surface area contributed by atoms with E-state index in [1.807, 2.05) is 6.07 Å². The molecule has 18 heteroatoms. The van der Waals surface area contributed by atoms with E-state index in [2.05, 4.69) is 37.2 Å². The molecule has 0 bridgehead atoms. The van der Waals surface area contributed by atoms with Crippen molar-refractivity contribution in [2.75, 3.05) is 13.1 Å². The molecule has 3 aromatic rings. The van der Waals surface area contributed by atoms with Crippen molar-refractivity contribution in [3.05, 3.63) is 96.1 Å². The van der Waals surface area contributed by atoms with Crippen molar-refractivity contribution in [1.82, 2.24) is 37.2 Å². The Hall–Kier alpha value is -6.27. The summed E-state index contributed by atoms with van der Waals surface area (Å²) < 4.78 is 0. The fraction of sp³-hybridized carbons (Fsp3) is 0.381. The van der Waals surface area contributed by atoms with E-state index < -0.39 is 90.7 Å². The van der Waals surface area contributed by atoms with Crippen LogP contribution in [-0.4, -0.2) is 101 Å². The zero-order valence-electron chi connectivity index (χ0n) is 34.2. The van der Waals surface area contributed by atoms with E-state index in [9.17, 15) is 43.5 Å². The molecule has 0 saturated heterocycles. The first kappa shape index (κ1) is 48.1. The van der Waals surface area contributed by atoms with Crippen LogP contribution in [0, 0.1) is 5.92 Å². The summed E-state index contributed by atoms with van der Waals surface area (Å²) in [6.07, 6.45) is 0.0552. The highest BCUT2D eigenvalue weighted by Gasteiger charge is 2.29. The third-order valence-electron chi connectivity index (χ3n) is 9.01. The number of benzene rings is 3. The molecule has 17 nitrogen and oxygen atoms in total. The molecule has 0 aliphatic carbocycles. The number of phenolic OH excluding ortho intramolecular Hbond substituents is 1. The molecule has 3 aromatic carbocycles. The van der Waals surface area contributed by atoms with E-state index in [0.717, 1.165) is 11.8 Å². The van der Waals surface area contributed by atoms with Gasteiger partial charge >= 0.3 is 0 Å². The Labute approximate surface area is 353 Å². The van der Waals surface area contributed by atoms with Crippen molar-refractivity contribution in [2.45, 2.75) is 88.6 Å². The zero-order chi connectivity index (χ0) is 44.4. The van der Waals surface area contributed by atoms with Crippen molar-refractivity contribution in [3.63, 3.8) is 0 Å². The van der Waals surface area contributed by atoms with Crippen LogP contribution in [0.3, 0.4) is 0 Å². The highest BCUT2D eigenvalue weighted by atomic mass is 32.2. The quantitative estimate of drug-likeness (QED) is 0.0654. The second kappa shape index (κ2) is 24.0. The Balaban J connectivity index is 1.54. The first-order valence-electron chi connectivity index (χ1n) is 19.3. The first-order valence-corrected chi connectivity index (χ1v) is 20.1. The minimum absolute atomic E-state index is 0.0178. The number of aromatic hydroxyl groups is 1. The van der Waals surface area contributed by atoms with Gasteiger partial charge in [-0.3, -0.25) is 38.4 Å². The van der Waals surface area contributed by atoms with Crippen LogP contribution in [0.1, 0.15) is 45.7 Å². The van der Waals surface area contributed by atoms with Crippen LogP contribution in [0.2, 0.25) is 0 Å². The maximum atomic E-state index is 13.5. The maximum Gasteiger partial charge on any atom is 0.243 e. The summed E-state index contributed by atoms with van der Waals surface area (Å²) in [5, 5.41) is 27.0. The highest BCUT2D eigenvalue weighted by Crippen LogP contribution is 2.19. The molecule has 7 amide bonds. The van der Waals surface area contributed by atoms with Gasteiger partial charge in [0.1, 0.15) is 29.9 Å². The van der Waals surface area contributed by atoms with E-state index in [-0.39, 0.29) is 29.6 Å². The molecule has 0 heterocycles. The molecule has 0 aliphatic rings. The number of nitrogens with one attached hydrogen (secondary N) is 7. The van der Waals surface area contributed by atoms with Gasteiger partial charge in [0.05, 0.1) is 25.2 Å². The van der Waals surface area contributed by atoms with Crippen molar-refractivity contribution in [1.29, 1.82) is 0 Å². The molecule has 10 N–H and O–H groups in total. The molecule has 0 unspecified atom stereocenters. The van der Waals surface area contributed by atoms with Gasteiger partial charge in [-0.15, -0.1) is 0 Å². The lowest BCUT2D eigenvalue weighted by atomic mass is 10.0. The monoisotopic (exact) mass is 846 g/mol. The number of thioether (sulfide) groups is 1. The molecule has 0 saturated carbocycles. The fourth-order valence-electron chi connectivity index (χ4n) is 5.36. The molecule has 3 rings (SSSR count). The van der Waals surface area contributed by atoms with Crippen molar-refractivity contribution < 1.29 is 43.5 Å². The molecule has 0 fully saturated rings. The van der Waals surface area contributed by atoms with Crippen LogP contribution in [0.5, 0.6) is 5.75 Å². The summed E-state index contributed by atoms with van der Waals surface area (Å²) in [6.45, 7) is 6.74. The third kappa shape index (κ3) is 16.5. The number of phenols is 1. The van der Waals surface area contributed by atoms with Gasteiger partial charge in [0.15, 0.2) is 0 Å². The van der Waals surface area contributed by atoms with Crippen molar-refractivity contribution >= 4 is 58.2 Å². The topological polar surface area (TPSA) is 267 Å². The smallest absolute Gasteiger partial charge is 0.243 e. The summed E-state index contributed by atoms with van der Waals surface area (Å²) in [4.78, 5) is 104. The van der Waals surface area contributed by atoms with Gasteiger partial charge in [-0.25, -0.2) is 0 Å². The summed E-state index contributed by atoms with van der Waals surface area (Å²) in [5.41, 5.74) is 7.27. The predicted molar refractivity (Wildman–Crippen MR) is 225 cm³/mol. The Morgan fingerprint density at radius 3 is 1.58 bits per heavy atom. The average Bonchev–Trinajstić information content (AvgIpc) is 3.22. The SMILES string of the molecule is CC(C)[C@H](N)C(=O)N[C@@H](Cc1ccc(O)cc1)C(=O)NCC(=O)NCC(=O)N[C@@H](Cc1ccccc1)C(=O)N[C@@H](C)C(=O)N[C@@H](C)C(=O)N[C@@H](C)C(=O)Sc1ccccc1. The van der Waals surface area contributed by atoms with Crippen molar-refractivity contribution in [2.24, 2.45) is 11.7 Å². The summed E-state index contributed by atoms with van der Waals surface area (Å²) >= 11 is 0.975. The number of nitrogens with two attached hydrogens (primary N) is 1. The lowest BCUT2D eigenvalue weighted by molar-refractivity contribution is -0.133. The second-order valence-electron chi connectivity index (χ2n) is 14.4. The van der Waals surface area contributed by atoms with E-state index >= 15 is 0 Å². The molecule has 6 atom stereocenters. The van der Waals surface area contributed by atoms with Gasteiger partial charge in [-0.1, -0.05) is 74.5 Å². The Bertz CT molecular complexity index is 1950. The van der Waals surface area contributed by atoms with Gasteiger partial charge in [-0.05, 0) is 73.8 Å². The molecule has 0 radical (unpaired) electrons. The molecule has 0 spiro atoms. The fourth-order valence-corrected chi connectivity index (χ4v) is 6.12. The minimum Gasteiger partial charge on any atom is -0.508 e. The van der Waals surface area contributed by atoms with Crippen LogP contribution in [-0.2, 0) is 51.2 Å². The van der Waals surface area contributed by atoms with E-state index in [1.54, 1.807) is 80.6 Å². The average molecular weight is 847 g/mol. The van der Waals surface area contributed by atoms with Gasteiger partial charge in [0, 0.05) is 17.7 Å². The van der Waals surface area contributed by atoms with Crippen LogP contribution in [0.4, 0.5) is 0 Å². The number of hydrogen-bond acceptors (Lipinski definition) is 11. The largest absolute Gasteiger partial charge is 0.508 e. The summed E-state index contributed by atoms with van der Waals surface area (Å²) in [7, 11) is 0. The molecular formula is C42H54N8O9S. The minimum atomic E-state index is -1.19. The van der Waals surface area contributed by atoms with Gasteiger partial charge in [0.25, 0.3) is 0 Å². The lowest BCUT2D eigenvalue weighted by Gasteiger charge is -2.23. The lowest BCUT2D eigenvalue weighted by Crippen LogP contribution is -2.57. The Kier molecular flexibility index (Phi) is 19.2. The van der Waals surface area contributed by atoms with Crippen LogP contribution in [0.25, 0.3) is 0 Å². The Morgan fingerprint density at radius 2 is 1.02 bits per heavy atom. The molecular weight excluding hydrogens is 793 g/mol. The number of carbonyl (C=O) groups is 8. The second-order valence-corrected chi connectivity index (χ2v) is 15.5. The molecule has 0 aromatic heterocycles. The van der Waals surface area contributed by atoms with Gasteiger partial charge in [-0.2, -0.15) is 0 Å². The summed E-state index contributed by atoms with van der Waals surface area (Å²) in [6, 6.07) is 17.4. The number of carbonyl (C=O) groups excluding carboxylic acids is 8. The van der Waals surface area contributed by atoms with Gasteiger partial charge < -0.3 is 48.1 Å². The highest BCUT2D eigenvalue weighted by molar-refractivity contribution is 8.13. The zero-order valence-corrected chi connectivity index (χ0v) is 35.0. The van der Waals surface area contributed by atoms with Crippen molar-refractivity contribution in [3.8, 4) is 5.75 Å². The third-order valence-corrected chi connectivity index (χ3v) is 10.1. The van der Waals surface area contributed by atoms with Crippen LogP contribution >= 0.6 is 11.8 Å². The van der Waals surface area contributed by atoms with Gasteiger partial charge in [0.2, 0.25) is 46.5 Å². The first-order chi connectivity index (χ1) is 28.4. The number of amides is 7. The maximum absolute atomic E-state index is 13.5. The predicted octanol–water partition coefficient (Wildman–Crippen LogP) is 0.196. The van der Waals surface area contributed by atoms with E-state index in [1.165, 1.54) is 32.9 Å². The number of hydrogen-bond donors (Lipinski definition) is 9. The number of rotatable bonds is 21. The van der Waals surface area contributed by atoms with Crippen LogP contribution in [0.15, 0.2) is 89.8 Å². The summed E-state index contributed by atoms with van der Waals surface area (Å²) in [5.74, 6) is -4.98. The van der Waals surface area contributed by atoms with Crippen LogP contribution < -0.4 is 43.0 Å². The molecule has 0 aliphatic heterocycles. The van der Waals surface area contributed by atoms with E-state index in [0.29, 0.717) is 16.0 Å². The Morgan fingerprint density at radius 1 is 0.533 bits per heavy atom. The normalized spacial score (nSPS) is 13.8. The van der Waals surface area contributed by atoms with E-state index in [4.69, 9.17) is 5.73 Å². The molecule has 322 valence electrons.